The molecule has 16 heavy (non-hydrogen) atoms. The number of carboxylic acid groups (broad SMARTS) is 2. The maximum Gasteiger partial charge on any atom is 1.00 e. The summed E-state index contributed by atoms with van der Waals surface area (Å²) in [7, 11) is 0. The summed E-state index contributed by atoms with van der Waals surface area (Å²) in [4.78, 5) is 18.0. The summed E-state index contributed by atoms with van der Waals surface area (Å²) in [6.07, 6.45) is 0. The van der Waals surface area contributed by atoms with Gasteiger partial charge in [0.1, 0.15) is 0 Å². The quantitative estimate of drug-likeness (QED) is 0.340. The number of aliphatic carboxylic acids is 2. The number of hydrogen-bond acceptors (Lipinski definition) is 4. The summed E-state index contributed by atoms with van der Waals surface area (Å²) < 4.78 is 0. The van der Waals surface area contributed by atoms with E-state index in [-0.39, 0.29) is 75.8 Å². The van der Waals surface area contributed by atoms with Crippen molar-refractivity contribution >= 4 is 11.9 Å². The van der Waals surface area contributed by atoms with Crippen molar-refractivity contribution in [2.24, 2.45) is 11.5 Å². The number of hydrogen-bond donors (Lipinski definition) is 4. The Morgan fingerprint density at radius 2 is 1.06 bits per heavy atom. The SMILES string of the molecule is CC(=O)O.CC(=O)O.NCCN.O.O.[H+].[H+].[H-].[H-].[Na+].[Na+]. The molecule has 0 saturated carbocycles. The molecular weight excluding hydrogens is 242 g/mol. The molecule has 0 aromatic heterocycles. The second-order valence-corrected chi connectivity index (χ2v) is 1.62. The number of carbonyl (C=O) groups is 2. The second-order valence-electron chi connectivity index (χ2n) is 1.62. The minimum absolute atomic E-state index is 0. The van der Waals surface area contributed by atoms with Gasteiger partial charge in [-0.1, -0.05) is 0 Å². The zero-order chi connectivity index (χ0) is 10.6. The van der Waals surface area contributed by atoms with Crippen molar-refractivity contribution in [2.45, 2.75) is 13.8 Å². The number of carboxylic acids is 2. The van der Waals surface area contributed by atoms with Crippen LogP contribution >= 0.6 is 0 Å². The van der Waals surface area contributed by atoms with Gasteiger partial charge in [0.25, 0.3) is 11.9 Å². The normalized spacial score (nSPS) is 5.00. The summed E-state index contributed by atoms with van der Waals surface area (Å²) >= 11 is 0. The Morgan fingerprint density at radius 1 is 1.00 bits per heavy atom. The summed E-state index contributed by atoms with van der Waals surface area (Å²) in [5.41, 5.74) is 9.81. The Morgan fingerprint density at radius 3 is 1.06 bits per heavy atom. The molecule has 0 spiro atoms. The van der Waals surface area contributed by atoms with E-state index in [0.29, 0.717) is 13.1 Å². The molecule has 0 heterocycles. The van der Waals surface area contributed by atoms with Gasteiger partial charge >= 0.3 is 62.0 Å². The Bertz CT molecular complexity index is 120. The van der Waals surface area contributed by atoms with Gasteiger partial charge in [0.05, 0.1) is 0 Å². The number of nitrogens with two attached hydrogens (primary N) is 2. The number of rotatable bonds is 1. The van der Waals surface area contributed by atoms with Crippen LogP contribution in [0.4, 0.5) is 0 Å². The molecule has 0 fully saturated rings. The molecule has 0 amide bonds. The van der Waals surface area contributed by atoms with E-state index < -0.39 is 11.9 Å². The smallest absolute Gasteiger partial charge is 1.00 e. The molecule has 0 atom stereocenters. The summed E-state index contributed by atoms with van der Waals surface area (Å²) in [5.74, 6) is -1.67. The van der Waals surface area contributed by atoms with Crippen molar-refractivity contribution in [1.82, 2.24) is 0 Å². The van der Waals surface area contributed by atoms with E-state index in [0.717, 1.165) is 13.8 Å². The van der Waals surface area contributed by atoms with Crippen molar-refractivity contribution in [3.8, 4) is 0 Å². The molecule has 0 aromatic carbocycles. The molecule has 0 bridgehead atoms. The predicted molar refractivity (Wildman–Crippen MR) is 56.4 cm³/mol. The third-order valence-electron chi connectivity index (χ3n) is 0.167. The van der Waals surface area contributed by atoms with Crippen LogP contribution in [0.25, 0.3) is 0 Å². The van der Waals surface area contributed by atoms with Crippen LogP contribution in [0, 0.1) is 0 Å². The Balaban J connectivity index is -0.00000000562. The fourth-order valence-corrected chi connectivity index (χ4v) is 0. The van der Waals surface area contributed by atoms with Crippen LogP contribution in [0.1, 0.15) is 19.6 Å². The van der Waals surface area contributed by atoms with E-state index in [1.54, 1.807) is 0 Å². The van der Waals surface area contributed by atoms with Gasteiger partial charge in [-0.25, -0.2) is 0 Å². The van der Waals surface area contributed by atoms with Crippen LogP contribution in [0.15, 0.2) is 0 Å². The van der Waals surface area contributed by atoms with Crippen LogP contribution < -0.4 is 70.6 Å². The predicted octanol–water partition coefficient (Wildman–Crippen LogP) is -8.11. The fraction of sp³-hybridized carbons (Fsp3) is 0.667. The molecule has 10 N–H and O–H groups in total. The Labute approximate surface area is 145 Å². The first-order valence-electron chi connectivity index (χ1n) is 3.17. The second kappa shape index (κ2) is 44.7. The van der Waals surface area contributed by atoms with Crippen molar-refractivity contribution in [3.05, 3.63) is 0 Å². The maximum absolute atomic E-state index is 9.00. The van der Waals surface area contributed by atoms with Crippen LogP contribution in [0.3, 0.4) is 0 Å². The largest absolute Gasteiger partial charge is 1.00 e. The first-order valence-corrected chi connectivity index (χ1v) is 3.17. The van der Waals surface area contributed by atoms with Gasteiger partial charge in [0, 0.05) is 26.9 Å². The molecule has 10 heteroatoms. The van der Waals surface area contributed by atoms with Crippen LogP contribution in [0.5, 0.6) is 0 Å². The summed E-state index contributed by atoms with van der Waals surface area (Å²) in [5, 5.41) is 14.8. The molecule has 0 radical (unpaired) electrons. The van der Waals surface area contributed by atoms with Gasteiger partial charge in [-0.15, -0.1) is 0 Å². The molecule has 0 aliphatic rings. The standard InChI is InChI=1S/C2H8N2.2C2H4O2.2Na.2H2O.2H/c3-1-2-4;2*1-2(3)4;;;;;;/h1-4H2;2*1H3,(H,3,4);;;2*1H2;;/q;;;2*+1;;;2*-1/p+2. The summed E-state index contributed by atoms with van der Waals surface area (Å²) in [6, 6.07) is 0. The molecule has 8 nitrogen and oxygen atoms in total. The van der Waals surface area contributed by atoms with Crippen LogP contribution in [0.2, 0.25) is 0 Å². The molecule has 0 aliphatic heterocycles. The van der Waals surface area contributed by atoms with E-state index >= 15 is 0 Å². The zero-order valence-corrected chi connectivity index (χ0v) is 14.3. The first kappa shape index (κ1) is 43.7. The molecule has 94 valence electrons. The first-order chi connectivity index (χ1) is 5.38. The van der Waals surface area contributed by atoms with Crippen molar-refractivity contribution < 1.29 is 95.6 Å². The Hall–Kier alpha value is 0.780. The van der Waals surface area contributed by atoms with E-state index in [4.69, 9.17) is 31.3 Å². The molecule has 0 unspecified atom stereocenters. The van der Waals surface area contributed by atoms with Gasteiger partial charge in [0.2, 0.25) is 0 Å². The van der Waals surface area contributed by atoms with Crippen LogP contribution in [-0.2, 0) is 9.59 Å². The molecular formula is C6H24N2Na2O6+2. The average molecular weight is 266 g/mol. The van der Waals surface area contributed by atoms with Gasteiger partial charge in [0.15, 0.2) is 0 Å². The van der Waals surface area contributed by atoms with Crippen molar-refractivity contribution in [3.63, 3.8) is 0 Å². The minimum atomic E-state index is -0.833. The molecule has 0 aliphatic carbocycles. The zero-order valence-electron chi connectivity index (χ0n) is 14.3. The third kappa shape index (κ3) is 886. The van der Waals surface area contributed by atoms with E-state index in [9.17, 15) is 0 Å². The fourth-order valence-electron chi connectivity index (χ4n) is 0. The van der Waals surface area contributed by atoms with Gasteiger partial charge in [-0.2, -0.15) is 0 Å². The summed E-state index contributed by atoms with van der Waals surface area (Å²) in [6.45, 7) is 3.36. The van der Waals surface area contributed by atoms with Gasteiger partial charge in [-0.05, 0) is 0 Å². The van der Waals surface area contributed by atoms with Crippen molar-refractivity contribution in [2.75, 3.05) is 13.1 Å². The van der Waals surface area contributed by atoms with Gasteiger partial charge < -0.3 is 35.5 Å². The maximum atomic E-state index is 9.00. The molecule has 0 saturated heterocycles. The third-order valence-corrected chi connectivity index (χ3v) is 0.167. The minimum Gasteiger partial charge on any atom is -1.00 e. The van der Waals surface area contributed by atoms with Crippen LogP contribution in [-0.4, -0.2) is 46.2 Å². The monoisotopic (exact) mass is 266 g/mol. The topological polar surface area (TPSA) is 190 Å². The molecule has 0 rings (SSSR count). The Kier molecular flexibility index (Phi) is 122. The van der Waals surface area contributed by atoms with Crippen molar-refractivity contribution in [1.29, 1.82) is 0 Å². The van der Waals surface area contributed by atoms with E-state index in [2.05, 4.69) is 0 Å². The van der Waals surface area contributed by atoms with E-state index in [1.807, 2.05) is 0 Å². The van der Waals surface area contributed by atoms with Gasteiger partial charge in [-0.3, -0.25) is 9.59 Å². The van der Waals surface area contributed by atoms with E-state index in [1.165, 1.54) is 0 Å². The average Bonchev–Trinajstić information content (AvgIpc) is 1.85. The molecule has 0 aromatic rings.